The Kier molecular flexibility index (Phi) is 25.1. The standard InChI is InChI=1S/C69H76N4O24/c1-7-34-83-69(79)97-58-49(84-35-40-24-14-9-15-25-40)39(3)50(62(76)80-4)91-66(58)92-51-45(8-2)88-65(47-54(51)96-68(78)71-47)94-56-55(86-37-42-28-18-11-19-29-42)59(90-61(75)44-32-22-13-23-33-44)67(95-57(56)63(77)81-5)93-52-46(38-87-60(74)43-30-20-12-21-31-43)89-64(82-6)48(72-73-70)53(52)85-36-41-26-16-10-17-27-41/h7,9-33,39,45-59,64-67H,1,8,34-38H2,2-6H3,(H,71,78)/t39-,45?,46?,47?,48?,49-,50?,51+,52+,53+,54+,55+,56+,57?,58?,59?,64-,65-,66-,67+/m0/s1. The third-order valence-electron chi connectivity index (χ3n) is 16.8. The highest BCUT2D eigenvalue weighted by Gasteiger charge is 2.62. The number of nitrogens with one attached hydrogen (secondary N) is 1. The Hall–Kier alpha value is -8.87. The number of amides is 1. The maximum atomic E-state index is 14.8. The van der Waals surface area contributed by atoms with Gasteiger partial charge >= 0.3 is 36.1 Å². The molecule has 5 aromatic carbocycles. The number of fused-ring (bicyclic) bond motifs is 1. The molecule has 0 aromatic heterocycles. The zero-order valence-corrected chi connectivity index (χ0v) is 53.6. The van der Waals surface area contributed by atoms with E-state index in [0.717, 1.165) is 12.7 Å². The van der Waals surface area contributed by atoms with Crippen LogP contribution in [0.2, 0.25) is 0 Å². The number of hydrogen-bond donors (Lipinski definition) is 1. The van der Waals surface area contributed by atoms with Crippen LogP contribution in [0.25, 0.3) is 10.4 Å². The van der Waals surface area contributed by atoms with E-state index in [0.29, 0.717) is 11.1 Å². The van der Waals surface area contributed by atoms with Crippen molar-refractivity contribution >= 4 is 36.1 Å². The fourth-order valence-corrected chi connectivity index (χ4v) is 12.0. The topological polar surface area (TPSA) is 329 Å². The van der Waals surface area contributed by atoms with E-state index in [-0.39, 0.29) is 44.0 Å². The number of benzene rings is 5. The quantitative estimate of drug-likeness (QED) is 0.0125. The molecule has 8 unspecified atom stereocenters. The summed E-state index contributed by atoms with van der Waals surface area (Å²) in [5.41, 5.74) is 12.4. The predicted molar refractivity (Wildman–Crippen MR) is 334 cm³/mol. The minimum atomic E-state index is -1.93. The molecule has 1 amide bonds. The summed E-state index contributed by atoms with van der Waals surface area (Å²) in [5.74, 6) is -4.41. The van der Waals surface area contributed by atoms with Crippen LogP contribution in [0.1, 0.15) is 57.7 Å². The second-order valence-corrected chi connectivity index (χ2v) is 22.9. The normalized spacial score (nSPS) is 30.5. The summed E-state index contributed by atoms with van der Waals surface area (Å²) in [5, 5.41) is 6.81. The van der Waals surface area contributed by atoms with Crippen LogP contribution >= 0.6 is 0 Å². The van der Waals surface area contributed by atoms with Gasteiger partial charge < -0.3 is 90.6 Å². The Bertz CT molecular complexity index is 3450. The molecule has 20 atom stereocenters. The van der Waals surface area contributed by atoms with Crippen molar-refractivity contribution in [1.82, 2.24) is 5.32 Å². The molecule has 5 aliphatic heterocycles. The lowest BCUT2D eigenvalue weighted by molar-refractivity contribution is -0.370. The molecule has 516 valence electrons. The highest BCUT2D eigenvalue weighted by atomic mass is 16.8. The first kappa shape index (κ1) is 70.9. The van der Waals surface area contributed by atoms with Crippen molar-refractivity contribution in [2.45, 2.75) is 157 Å². The third-order valence-corrected chi connectivity index (χ3v) is 16.8. The van der Waals surface area contributed by atoms with Crippen LogP contribution < -0.4 is 5.32 Å². The zero-order valence-electron chi connectivity index (χ0n) is 53.6. The fraction of sp³-hybridized carbons (Fsp3) is 0.449. The molecule has 5 heterocycles. The van der Waals surface area contributed by atoms with Gasteiger partial charge in [-0.1, -0.05) is 159 Å². The van der Waals surface area contributed by atoms with E-state index >= 15 is 0 Å². The van der Waals surface area contributed by atoms with Crippen molar-refractivity contribution in [2.75, 3.05) is 34.5 Å². The average molecular weight is 1350 g/mol. The van der Waals surface area contributed by atoms with Gasteiger partial charge in [0, 0.05) is 17.9 Å². The number of azide groups is 1. The minimum absolute atomic E-state index is 0.0156. The van der Waals surface area contributed by atoms with Gasteiger partial charge in [-0.3, -0.25) is 0 Å². The molecule has 97 heavy (non-hydrogen) atoms. The molecule has 1 N–H and O–H groups in total. The molecule has 5 aromatic rings. The predicted octanol–water partition coefficient (Wildman–Crippen LogP) is 7.78. The van der Waals surface area contributed by atoms with Gasteiger partial charge in [-0.15, -0.1) is 0 Å². The highest BCUT2D eigenvalue weighted by Crippen LogP contribution is 2.42. The van der Waals surface area contributed by atoms with E-state index in [2.05, 4.69) is 21.9 Å². The zero-order chi connectivity index (χ0) is 68.4. The van der Waals surface area contributed by atoms with E-state index in [1.807, 2.05) is 36.4 Å². The number of esters is 4. The fourth-order valence-electron chi connectivity index (χ4n) is 12.0. The van der Waals surface area contributed by atoms with Gasteiger partial charge in [-0.25, -0.2) is 28.8 Å². The summed E-state index contributed by atoms with van der Waals surface area (Å²) in [4.78, 5) is 87.3. The van der Waals surface area contributed by atoms with Crippen molar-refractivity contribution in [3.05, 3.63) is 203 Å². The van der Waals surface area contributed by atoms with E-state index in [1.54, 1.807) is 117 Å². The molecule has 28 nitrogen and oxygen atoms in total. The van der Waals surface area contributed by atoms with Crippen LogP contribution in [0.5, 0.6) is 0 Å². The summed E-state index contributed by atoms with van der Waals surface area (Å²) < 4.78 is 113. The van der Waals surface area contributed by atoms with Gasteiger partial charge in [0.2, 0.25) is 0 Å². The second kappa shape index (κ2) is 34.4. The average Bonchev–Trinajstić information content (AvgIpc) is 1.74. The van der Waals surface area contributed by atoms with Crippen molar-refractivity contribution in [3.63, 3.8) is 0 Å². The van der Waals surface area contributed by atoms with E-state index < -0.39 is 165 Å². The van der Waals surface area contributed by atoms with Crippen LogP contribution in [0.15, 0.2) is 169 Å². The van der Waals surface area contributed by atoms with Gasteiger partial charge in [-0.05, 0) is 52.9 Å². The summed E-state index contributed by atoms with van der Waals surface area (Å²) in [6, 6.07) is 40.3. The highest BCUT2D eigenvalue weighted by molar-refractivity contribution is 5.90. The number of rotatable bonds is 28. The summed E-state index contributed by atoms with van der Waals surface area (Å²) in [7, 11) is 3.58. The number of methoxy groups -OCH3 is 3. The van der Waals surface area contributed by atoms with Crippen molar-refractivity contribution < 1.29 is 114 Å². The molecule has 5 fully saturated rings. The first-order chi connectivity index (χ1) is 47.2. The molecule has 0 aliphatic carbocycles. The Labute approximate surface area is 558 Å². The Morgan fingerprint density at radius 2 is 1.05 bits per heavy atom. The lowest BCUT2D eigenvalue weighted by Gasteiger charge is -2.50. The number of nitrogens with zero attached hydrogens (tertiary/aromatic N) is 3. The van der Waals surface area contributed by atoms with Crippen LogP contribution in [-0.4, -0.2) is 187 Å². The maximum Gasteiger partial charge on any atom is 0.509 e. The van der Waals surface area contributed by atoms with Crippen molar-refractivity contribution in [1.29, 1.82) is 0 Å². The minimum Gasteiger partial charge on any atom is -0.467 e. The number of carbonyl (C=O) groups is 6. The lowest BCUT2D eigenvalue weighted by Crippen LogP contribution is -2.69. The van der Waals surface area contributed by atoms with Gasteiger partial charge in [-0.2, -0.15) is 0 Å². The maximum absolute atomic E-state index is 14.8. The van der Waals surface area contributed by atoms with Crippen molar-refractivity contribution in [3.8, 4) is 0 Å². The SMILES string of the molecule is C=CCOC(=O)OC1[C@H](O[C@@H]2C(CC)O[C@@H](O[C@H]3C(C(=O)OC)O[C@@H](O[C@@H]4C(COC(=O)c5ccccc5)O[C@H](OC)C(N=[N+]=[N-])[C@H]4OCc4ccccc4)C(OC(=O)c4ccccc4)[C@@H]3OCc3ccccc3)C3NC(=O)O[C@H]32)OC(C(=O)OC)[C@@H](C)[C@@H]1OCc1ccccc1. The van der Waals surface area contributed by atoms with Crippen molar-refractivity contribution in [2.24, 2.45) is 11.0 Å². The molecule has 10 rings (SSSR count). The van der Waals surface area contributed by atoms with Gasteiger partial charge in [0.1, 0.15) is 68.0 Å². The van der Waals surface area contributed by atoms with Crippen LogP contribution in [-0.2, 0) is 115 Å². The molecular weight excluding hydrogens is 1270 g/mol. The van der Waals surface area contributed by atoms with Gasteiger partial charge in [0.05, 0.1) is 51.3 Å². The number of ether oxygens (including phenoxy) is 18. The number of alkyl carbamates (subject to hydrolysis) is 1. The Morgan fingerprint density at radius 3 is 1.60 bits per heavy atom. The largest absolute Gasteiger partial charge is 0.509 e. The second-order valence-electron chi connectivity index (χ2n) is 22.9. The first-order valence-electron chi connectivity index (χ1n) is 31.4. The van der Waals surface area contributed by atoms with Crippen LogP contribution in [0.3, 0.4) is 0 Å². The van der Waals surface area contributed by atoms with Gasteiger partial charge in [0.25, 0.3) is 0 Å². The molecule has 0 saturated carbocycles. The third kappa shape index (κ3) is 17.5. The van der Waals surface area contributed by atoms with Gasteiger partial charge in [0.15, 0.2) is 55.7 Å². The van der Waals surface area contributed by atoms with E-state index in [1.165, 1.54) is 32.4 Å². The molecule has 5 aliphatic rings. The molecule has 5 saturated heterocycles. The summed E-state index contributed by atoms with van der Waals surface area (Å²) in [6.45, 7) is 5.83. The molecule has 0 spiro atoms. The summed E-state index contributed by atoms with van der Waals surface area (Å²) >= 11 is 0. The number of hydrogen-bond acceptors (Lipinski definition) is 25. The lowest BCUT2D eigenvalue weighted by atomic mass is 9.89. The Balaban J connectivity index is 1.03. The van der Waals surface area contributed by atoms with E-state index in [9.17, 15) is 34.3 Å². The molecule has 0 bridgehead atoms. The Morgan fingerprint density at radius 1 is 0.557 bits per heavy atom. The first-order valence-corrected chi connectivity index (χ1v) is 31.4. The smallest absolute Gasteiger partial charge is 0.467 e. The molecule has 28 heteroatoms. The van der Waals surface area contributed by atoms with Crippen LogP contribution in [0, 0.1) is 5.92 Å². The van der Waals surface area contributed by atoms with E-state index in [4.69, 9.17) is 85.3 Å². The molecule has 0 radical (unpaired) electrons. The summed E-state index contributed by atoms with van der Waals surface area (Å²) in [6.07, 6.45) is -26.5. The van der Waals surface area contributed by atoms with Crippen LogP contribution in [0.4, 0.5) is 9.59 Å². The molecular formula is C69H76N4O24. The number of carbonyl (C=O) groups excluding carboxylic acids is 6. The monoisotopic (exact) mass is 1340 g/mol.